The fourth-order valence-corrected chi connectivity index (χ4v) is 4.35. The van der Waals surface area contributed by atoms with Gasteiger partial charge in [0.1, 0.15) is 6.54 Å². The summed E-state index contributed by atoms with van der Waals surface area (Å²) in [6.45, 7) is 7.71. The Kier molecular flexibility index (Phi) is 6.44. The Labute approximate surface area is 180 Å². The predicted molar refractivity (Wildman–Crippen MR) is 118 cm³/mol. The molecule has 2 aromatic carbocycles. The van der Waals surface area contributed by atoms with Gasteiger partial charge in [0.25, 0.3) is 0 Å². The number of aromatic nitrogens is 4. The minimum absolute atomic E-state index is 0.0763. The first-order valence-corrected chi connectivity index (χ1v) is 11.3. The number of hydrogen-bond donors (Lipinski definition) is 2. The topological polar surface area (TPSA) is 77.1 Å². The lowest BCUT2D eigenvalue weighted by atomic mass is 10.1. The van der Waals surface area contributed by atoms with Crippen LogP contribution in [0.3, 0.4) is 0 Å². The average molecular weight is 424 g/mol. The van der Waals surface area contributed by atoms with Crippen molar-refractivity contribution < 1.29 is 9.69 Å². The normalized spacial score (nSPS) is 14.2. The SMILES string of the molecule is Cc1ccc(-n2nnnc2SCC(=O)Nc2ccc(C[NH+]3CCCC3)cc2)cc1C. The summed E-state index contributed by atoms with van der Waals surface area (Å²) in [5.41, 5.74) is 5.41. The van der Waals surface area contributed by atoms with E-state index in [1.54, 1.807) is 9.58 Å². The zero-order valence-electron chi connectivity index (χ0n) is 17.4. The van der Waals surface area contributed by atoms with E-state index in [0.29, 0.717) is 5.16 Å². The van der Waals surface area contributed by atoms with Gasteiger partial charge in [-0.25, -0.2) is 0 Å². The predicted octanol–water partition coefficient (Wildman–Crippen LogP) is 2.19. The molecule has 0 atom stereocenters. The van der Waals surface area contributed by atoms with E-state index in [2.05, 4.69) is 46.8 Å². The van der Waals surface area contributed by atoms with Gasteiger partial charge in [-0.05, 0) is 59.7 Å². The molecule has 1 aliphatic rings. The molecule has 1 amide bonds. The quantitative estimate of drug-likeness (QED) is 0.570. The maximum absolute atomic E-state index is 12.4. The van der Waals surface area contributed by atoms with Crippen molar-refractivity contribution in [1.29, 1.82) is 0 Å². The Morgan fingerprint density at radius 2 is 1.87 bits per heavy atom. The Bertz CT molecular complexity index is 1010. The number of benzene rings is 2. The highest BCUT2D eigenvalue weighted by atomic mass is 32.2. The van der Waals surface area contributed by atoms with Crippen LogP contribution in [0, 0.1) is 13.8 Å². The lowest BCUT2D eigenvalue weighted by molar-refractivity contribution is -0.901. The summed E-state index contributed by atoms with van der Waals surface area (Å²) >= 11 is 1.32. The Balaban J connectivity index is 1.32. The third-order valence-electron chi connectivity index (χ3n) is 5.51. The van der Waals surface area contributed by atoms with E-state index in [0.717, 1.165) is 17.9 Å². The van der Waals surface area contributed by atoms with E-state index < -0.39 is 0 Å². The molecule has 2 heterocycles. The second-order valence-electron chi connectivity index (χ2n) is 7.81. The molecule has 0 spiro atoms. The number of hydrogen-bond acceptors (Lipinski definition) is 5. The first-order valence-electron chi connectivity index (χ1n) is 10.3. The lowest BCUT2D eigenvalue weighted by Crippen LogP contribution is -3.08. The van der Waals surface area contributed by atoms with Crippen molar-refractivity contribution >= 4 is 23.4 Å². The molecule has 0 aliphatic carbocycles. The average Bonchev–Trinajstić information content (AvgIpc) is 3.42. The van der Waals surface area contributed by atoms with Crippen LogP contribution in [0.4, 0.5) is 5.69 Å². The van der Waals surface area contributed by atoms with Gasteiger partial charge < -0.3 is 10.2 Å². The van der Waals surface area contributed by atoms with Crippen LogP contribution in [0.2, 0.25) is 0 Å². The molecule has 156 valence electrons. The van der Waals surface area contributed by atoms with Gasteiger partial charge in [0.05, 0.1) is 24.5 Å². The van der Waals surface area contributed by atoms with Gasteiger partial charge in [-0.1, -0.05) is 30.0 Å². The second kappa shape index (κ2) is 9.40. The minimum atomic E-state index is -0.0763. The number of nitrogens with one attached hydrogen (secondary N) is 2. The number of carbonyl (C=O) groups excluding carboxylic acids is 1. The highest BCUT2D eigenvalue weighted by Crippen LogP contribution is 2.20. The number of amides is 1. The third-order valence-corrected chi connectivity index (χ3v) is 6.43. The number of carbonyl (C=O) groups is 1. The van der Waals surface area contributed by atoms with E-state index in [1.807, 2.05) is 30.3 Å². The Hall–Kier alpha value is -2.71. The van der Waals surface area contributed by atoms with Gasteiger partial charge in [-0.3, -0.25) is 4.79 Å². The zero-order chi connectivity index (χ0) is 20.9. The molecule has 1 aromatic heterocycles. The molecular weight excluding hydrogens is 396 g/mol. The molecule has 1 fully saturated rings. The molecule has 2 N–H and O–H groups in total. The molecule has 4 rings (SSSR count). The van der Waals surface area contributed by atoms with E-state index in [-0.39, 0.29) is 11.7 Å². The molecule has 0 saturated carbocycles. The van der Waals surface area contributed by atoms with Crippen molar-refractivity contribution in [1.82, 2.24) is 20.2 Å². The van der Waals surface area contributed by atoms with E-state index in [1.165, 1.54) is 54.4 Å². The number of likely N-dealkylation sites (tertiary alicyclic amines) is 1. The molecule has 3 aromatic rings. The number of thioether (sulfide) groups is 1. The summed E-state index contributed by atoms with van der Waals surface area (Å²) < 4.78 is 1.67. The summed E-state index contributed by atoms with van der Waals surface area (Å²) in [7, 11) is 0. The Morgan fingerprint density at radius 1 is 1.10 bits per heavy atom. The van der Waals surface area contributed by atoms with Crippen molar-refractivity contribution in [2.45, 2.75) is 38.4 Å². The van der Waals surface area contributed by atoms with Gasteiger partial charge in [-0.2, -0.15) is 4.68 Å². The minimum Gasteiger partial charge on any atom is -0.331 e. The molecule has 0 bridgehead atoms. The summed E-state index contributed by atoms with van der Waals surface area (Å²) in [4.78, 5) is 14.0. The number of nitrogens with zero attached hydrogens (tertiary/aromatic N) is 4. The summed E-state index contributed by atoms with van der Waals surface area (Å²) in [6, 6.07) is 14.2. The maximum Gasteiger partial charge on any atom is 0.234 e. The third kappa shape index (κ3) is 5.06. The molecule has 1 saturated heterocycles. The van der Waals surface area contributed by atoms with Crippen LogP contribution in [0.5, 0.6) is 0 Å². The monoisotopic (exact) mass is 423 g/mol. The van der Waals surface area contributed by atoms with E-state index in [4.69, 9.17) is 0 Å². The fraction of sp³-hybridized carbons (Fsp3) is 0.364. The van der Waals surface area contributed by atoms with Crippen molar-refractivity contribution in [3.63, 3.8) is 0 Å². The number of rotatable bonds is 7. The summed E-state index contributed by atoms with van der Waals surface area (Å²) in [5, 5.41) is 15.5. The maximum atomic E-state index is 12.4. The molecule has 7 nitrogen and oxygen atoms in total. The highest BCUT2D eigenvalue weighted by Gasteiger charge is 2.16. The van der Waals surface area contributed by atoms with Crippen LogP contribution in [0.15, 0.2) is 47.6 Å². The molecule has 0 unspecified atom stereocenters. The van der Waals surface area contributed by atoms with Crippen LogP contribution in [-0.2, 0) is 11.3 Å². The molecule has 8 heteroatoms. The van der Waals surface area contributed by atoms with Crippen molar-refractivity contribution in [3.05, 3.63) is 59.2 Å². The molecule has 30 heavy (non-hydrogen) atoms. The van der Waals surface area contributed by atoms with Crippen molar-refractivity contribution in [2.75, 3.05) is 24.2 Å². The highest BCUT2D eigenvalue weighted by molar-refractivity contribution is 7.99. The fourth-order valence-electron chi connectivity index (χ4n) is 3.66. The van der Waals surface area contributed by atoms with Gasteiger partial charge >= 0.3 is 0 Å². The standard InChI is InChI=1S/C22H26N6OS/c1-16-5-10-20(13-17(16)2)28-22(24-25-26-28)30-15-21(29)23-19-8-6-18(7-9-19)14-27-11-3-4-12-27/h5-10,13H,3-4,11-12,14-15H2,1-2H3,(H,23,29)/p+1. The van der Waals surface area contributed by atoms with Crippen LogP contribution >= 0.6 is 11.8 Å². The number of anilines is 1. The molecule has 1 aliphatic heterocycles. The van der Waals surface area contributed by atoms with Crippen molar-refractivity contribution in [3.8, 4) is 5.69 Å². The first kappa shape index (κ1) is 20.6. The van der Waals surface area contributed by atoms with Gasteiger partial charge in [-0.15, -0.1) is 5.10 Å². The zero-order valence-corrected chi connectivity index (χ0v) is 18.2. The summed E-state index contributed by atoms with van der Waals surface area (Å²) in [5.74, 6) is 0.165. The van der Waals surface area contributed by atoms with E-state index >= 15 is 0 Å². The smallest absolute Gasteiger partial charge is 0.234 e. The van der Waals surface area contributed by atoms with Crippen LogP contribution < -0.4 is 10.2 Å². The second-order valence-corrected chi connectivity index (χ2v) is 8.75. The van der Waals surface area contributed by atoms with Gasteiger partial charge in [0.15, 0.2) is 0 Å². The number of quaternary nitrogens is 1. The molecular formula is C22H27N6OS+. The Morgan fingerprint density at radius 3 is 2.60 bits per heavy atom. The van der Waals surface area contributed by atoms with E-state index in [9.17, 15) is 4.79 Å². The number of aryl methyl sites for hydroxylation is 2. The summed E-state index contributed by atoms with van der Waals surface area (Å²) in [6.07, 6.45) is 2.65. The van der Waals surface area contributed by atoms with Crippen molar-refractivity contribution in [2.24, 2.45) is 0 Å². The van der Waals surface area contributed by atoms with Crippen LogP contribution in [0.25, 0.3) is 5.69 Å². The van der Waals surface area contributed by atoms with Gasteiger partial charge in [0.2, 0.25) is 11.1 Å². The van der Waals surface area contributed by atoms with Gasteiger partial charge in [0, 0.05) is 24.1 Å². The van der Waals surface area contributed by atoms with Crippen LogP contribution in [0.1, 0.15) is 29.5 Å². The number of tetrazole rings is 1. The first-order chi connectivity index (χ1) is 14.6. The largest absolute Gasteiger partial charge is 0.331 e. The van der Waals surface area contributed by atoms with Crippen LogP contribution in [-0.4, -0.2) is 45.0 Å². The lowest BCUT2D eigenvalue weighted by Gasteiger charge is -2.12. The molecule has 0 radical (unpaired) electrons.